The van der Waals surface area contributed by atoms with Crippen LogP contribution in [0.15, 0.2) is 4.99 Å². The zero-order valence-electron chi connectivity index (χ0n) is 6.86. The lowest BCUT2D eigenvalue weighted by Gasteiger charge is -2.00. The summed E-state index contributed by atoms with van der Waals surface area (Å²) in [6.45, 7) is 2.22. The molecule has 0 spiro atoms. The van der Waals surface area contributed by atoms with Gasteiger partial charge in [-0.1, -0.05) is 23.5 Å². The summed E-state index contributed by atoms with van der Waals surface area (Å²) in [6.07, 6.45) is 0. The molecular weight excluding hydrogens is 194 g/mol. The fraction of sp³-hybridized carbons (Fsp3) is 0.857. The normalized spacial score (nSPS) is 16.6. The van der Waals surface area contributed by atoms with Crippen molar-refractivity contribution in [1.29, 1.82) is 0 Å². The first-order chi connectivity index (χ1) is 5.93. The lowest BCUT2D eigenvalue weighted by molar-refractivity contribution is 0.103. The highest BCUT2D eigenvalue weighted by molar-refractivity contribution is 8.39. The highest BCUT2D eigenvalue weighted by Crippen LogP contribution is 2.21. The number of thioether (sulfide) groups is 2. The number of aliphatic hydroxyl groups excluding tert-OH is 1. The van der Waals surface area contributed by atoms with Crippen molar-refractivity contribution in [3.05, 3.63) is 0 Å². The van der Waals surface area contributed by atoms with Gasteiger partial charge in [0.2, 0.25) is 0 Å². The van der Waals surface area contributed by atoms with Gasteiger partial charge in [-0.25, -0.2) is 0 Å². The van der Waals surface area contributed by atoms with Gasteiger partial charge < -0.3 is 9.84 Å². The third-order valence-electron chi connectivity index (χ3n) is 1.25. The Balaban J connectivity index is 1.88. The summed E-state index contributed by atoms with van der Waals surface area (Å²) in [7, 11) is 0. The topological polar surface area (TPSA) is 41.8 Å². The van der Waals surface area contributed by atoms with E-state index in [0.29, 0.717) is 13.2 Å². The van der Waals surface area contributed by atoms with Gasteiger partial charge in [0.15, 0.2) is 0 Å². The molecule has 0 amide bonds. The van der Waals surface area contributed by atoms with Gasteiger partial charge in [-0.15, -0.1) is 0 Å². The Hall–Kier alpha value is 0.290. The van der Waals surface area contributed by atoms with Crippen molar-refractivity contribution in [3.8, 4) is 0 Å². The highest BCUT2D eigenvalue weighted by Gasteiger charge is 2.06. The van der Waals surface area contributed by atoms with E-state index in [-0.39, 0.29) is 6.61 Å². The molecule has 70 valence electrons. The largest absolute Gasteiger partial charge is 0.394 e. The van der Waals surface area contributed by atoms with Gasteiger partial charge in [0, 0.05) is 11.5 Å². The second kappa shape index (κ2) is 6.77. The second-order valence-electron chi connectivity index (χ2n) is 2.18. The second-order valence-corrected chi connectivity index (χ2v) is 4.61. The van der Waals surface area contributed by atoms with Crippen LogP contribution in [-0.4, -0.2) is 47.4 Å². The van der Waals surface area contributed by atoms with Crippen LogP contribution in [0.2, 0.25) is 0 Å². The van der Waals surface area contributed by atoms with Crippen molar-refractivity contribution >= 4 is 27.9 Å². The van der Waals surface area contributed by atoms with Crippen molar-refractivity contribution in [3.63, 3.8) is 0 Å². The minimum Gasteiger partial charge on any atom is -0.394 e. The molecule has 0 aliphatic carbocycles. The third kappa shape index (κ3) is 4.35. The summed E-state index contributed by atoms with van der Waals surface area (Å²) in [5, 5.41) is 8.42. The van der Waals surface area contributed by atoms with E-state index in [1.54, 1.807) is 11.8 Å². The van der Waals surface area contributed by atoms with E-state index in [1.165, 1.54) is 4.38 Å². The predicted octanol–water partition coefficient (Wildman–Crippen LogP) is 0.831. The van der Waals surface area contributed by atoms with E-state index in [4.69, 9.17) is 9.84 Å². The molecule has 0 saturated carbocycles. The van der Waals surface area contributed by atoms with Crippen molar-refractivity contribution in [2.24, 2.45) is 4.99 Å². The van der Waals surface area contributed by atoms with Crippen molar-refractivity contribution < 1.29 is 9.84 Å². The molecule has 0 unspecified atom stereocenters. The molecule has 1 aliphatic rings. The van der Waals surface area contributed by atoms with Gasteiger partial charge in [0.05, 0.1) is 26.4 Å². The third-order valence-corrected chi connectivity index (χ3v) is 3.46. The standard InChI is InChI=1S/C7H13NO2S2/c9-2-3-10-4-6-12-7-8-1-5-11-7/h9H,1-6H2. The Morgan fingerprint density at radius 2 is 2.50 bits per heavy atom. The minimum absolute atomic E-state index is 0.111. The fourth-order valence-electron chi connectivity index (χ4n) is 0.757. The first kappa shape index (κ1) is 10.4. The number of hydrogen-bond acceptors (Lipinski definition) is 5. The average molecular weight is 207 g/mol. The molecule has 3 nitrogen and oxygen atoms in total. The van der Waals surface area contributed by atoms with Gasteiger partial charge in [-0.05, 0) is 0 Å². The fourth-order valence-corrected chi connectivity index (χ4v) is 2.69. The summed E-state index contributed by atoms with van der Waals surface area (Å²) < 4.78 is 6.29. The lowest BCUT2D eigenvalue weighted by Crippen LogP contribution is -2.03. The molecule has 0 fully saturated rings. The Morgan fingerprint density at radius 3 is 3.17 bits per heavy atom. The van der Waals surface area contributed by atoms with Crippen molar-refractivity contribution in [1.82, 2.24) is 0 Å². The predicted molar refractivity (Wildman–Crippen MR) is 55.1 cm³/mol. The van der Waals surface area contributed by atoms with Crippen LogP contribution in [0.5, 0.6) is 0 Å². The van der Waals surface area contributed by atoms with Crippen LogP contribution >= 0.6 is 23.5 Å². The average Bonchev–Trinajstić information content (AvgIpc) is 2.57. The van der Waals surface area contributed by atoms with Crippen LogP contribution < -0.4 is 0 Å². The Morgan fingerprint density at radius 1 is 1.58 bits per heavy atom. The molecule has 0 aromatic carbocycles. The summed E-state index contributed by atoms with van der Waals surface area (Å²) in [4.78, 5) is 4.29. The van der Waals surface area contributed by atoms with Crippen LogP contribution in [0, 0.1) is 0 Å². The number of ether oxygens (including phenoxy) is 1. The van der Waals surface area contributed by atoms with E-state index < -0.39 is 0 Å². The Bertz CT molecular complexity index is 152. The van der Waals surface area contributed by atoms with Gasteiger partial charge in [-0.2, -0.15) is 0 Å². The van der Waals surface area contributed by atoms with Crippen LogP contribution in [0.3, 0.4) is 0 Å². The number of rotatable bonds is 5. The van der Waals surface area contributed by atoms with Crippen LogP contribution in [0.4, 0.5) is 0 Å². The van der Waals surface area contributed by atoms with E-state index in [1.807, 2.05) is 11.8 Å². The number of nitrogens with zero attached hydrogens (tertiary/aromatic N) is 1. The maximum Gasteiger partial charge on any atom is 0.124 e. The van der Waals surface area contributed by atoms with E-state index in [9.17, 15) is 0 Å². The van der Waals surface area contributed by atoms with Crippen molar-refractivity contribution in [2.75, 3.05) is 37.9 Å². The molecule has 1 aliphatic heterocycles. The molecule has 0 bridgehead atoms. The van der Waals surface area contributed by atoms with Crippen LogP contribution in [0.25, 0.3) is 0 Å². The summed E-state index contributed by atoms with van der Waals surface area (Å²) in [6, 6.07) is 0. The summed E-state index contributed by atoms with van der Waals surface area (Å²) >= 11 is 3.55. The lowest BCUT2D eigenvalue weighted by atomic mass is 10.7. The van der Waals surface area contributed by atoms with E-state index in [2.05, 4.69) is 4.99 Å². The summed E-state index contributed by atoms with van der Waals surface area (Å²) in [5.74, 6) is 2.06. The zero-order chi connectivity index (χ0) is 8.65. The molecule has 12 heavy (non-hydrogen) atoms. The molecule has 1 rings (SSSR count). The van der Waals surface area contributed by atoms with E-state index >= 15 is 0 Å². The Labute approximate surface area is 81.0 Å². The quantitative estimate of drug-likeness (QED) is 0.678. The molecule has 1 N–H and O–H groups in total. The molecule has 1 heterocycles. The number of aliphatic imine (C=N–C) groups is 1. The number of hydrogen-bond donors (Lipinski definition) is 1. The molecule has 0 atom stereocenters. The molecule has 0 aromatic rings. The maximum atomic E-state index is 8.42. The van der Waals surface area contributed by atoms with Gasteiger partial charge >= 0.3 is 0 Å². The summed E-state index contributed by atoms with van der Waals surface area (Å²) in [5.41, 5.74) is 0. The molecular formula is C7H13NO2S2. The molecule has 0 radical (unpaired) electrons. The first-order valence-corrected chi connectivity index (χ1v) is 5.89. The molecule has 0 aromatic heterocycles. The van der Waals surface area contributed by atoms with Crippen LogP contribution in [-0.2, 0) is 4.74 Å². The van der Waals surface area contributed by atoms with Crippen molar-refractivity contribution in [2.45, 2.75) is 0 Å². The van der Waals surface area contributed by atoms with Gasteiger partial charge in [0.25, 0.3) is 0 Å². The SMILES string of the molecule is OCCOCCSC1=NCCS1. The number of aliphatic hydroxyl groups is 1. The highest BCUT2D eigenvalue weighted by atomic mass is 32.2. The first-order valence-electron chi connectivity index (χ1n) is 3.92. The monoisotopic (exact) mass is 207 g/mol. The van der Waals surface area contributed by atoms with E-state index in [0.717, 1.165) is 18.1 Å². The van der Waals surface area contributed by atoms with Gasteiger partial charge in [-0.3, -0.25) is 4.99 Å². The maximum absolute atomic E-state index is 8.42. The Kier molecular flexibility index (Phi) is 5.85. The molecule has 0 saturated heterocycles. The van der Waals surface area contributed by atoms with Crippen LogP contribution in [0.1, 0.15) is 0 Å². The smallest absolute Gasteiger partial charge is 0.124 e. The van der Waals surface area contributed by atoms with Gasteiger partial charge in [0.1, 0.15) is 4.38 Å². The zero-order valence-corrected chi connectivity index (χ0v) is 8.49. The minimum atomic E-state index is 0.111. The molecule has 5 heteroatoms.